The molecule has 0 N–H and O–H groups in total. The van der Waals surface area contributed by atoms with Gasteiger partial charge in [0.15, 0.2) is 0 Å². The molecule has 0 aromatic heterocycles. The molecule has 0 heterocycles. The van der Waals surface area contributed by atoms with E-state index in [1.807, 2.05) is 67.6 Å². The molecule has 0 fully saturated rings. The van der Waals surface area contributed by atoms with Crippen molar-refractivity contribution in [2.75, 3.05) is 0 Å². The van der Waals surface area contributed by atoms with Crippen LogP contribution in [0.3, 0.4) is 0 Å². The van der Waals surface area contributed by atoms with Crippen LogP contribution in [0, 0.1) is 23.0 Å². The van der Waals surface area contributed by atoms with E-state index in [2.05, 4.69) is 0 Å². The van der Waals surface area contributed by atoms with Crippen LogP contribution < -0.4 is 0 Å². The lowest BCUT2D eigenvalue weighted by Gasteiger charge is -2.31. The van der Waals surface area contributed by atoms with Crippen molar-refractivity contribution in [2.45, 2.75) is 31.7 Å². The SMILES string of the molecule is Cc1ccc([C@H]2CC(c3ccccc3)=C[C@@H](CC=O)[C@@H]2[N+](=O)[O-])cc1. The van der Waals surface area contributed by atoms with Gasteiger partial charge in [-0.1, -0.05) is 66.2 Å². The van der Waals surface area contributed by atoms with Gasteiger partial charge in [0.25, 0.3) is 0 Å². The molecule has 0 saturated heterocycles. The summed E-state index contributed by atoms with van der Waals surface area (Å²) in [5, 5.41) is 11.8. The van der Waals surface area contributed by atoms with E-state index in [0.29, 0.717) is 6.42 Å². The highest BCUT2D eigenvalue weighted by atomic mass is 16.6. The summed E-state index contributed by atoms with van der Waals surface area (Å²) in [5.41, 5.74) is 4.23. The molecule has 128 valence electrons. The van der Waals surface area contributed by atoms with Crippen molar-refractivity contribution < 1.29 is 9.72 Å². The molecule has 0 bridgehead atoms. The number of benzene rings is 2. The zero-order valence-electron chi connectivity index (χ0n) is 14.2. The van der Waals surface area contributed by atoms with Crippen molar-refractivity contribution in [3.63, 3.8) is 0 Å². The molecule has 3 atom stereocenters. The van der Waals surface area contributed by atoms with Crippen LogP contribution in [0.15, 0.2) is 60.7 Å². The molecule has 0 radical (unpaired) electrons. The van der Waals surface area contributed by atoms with Gasteiger partial charge in [0.2, 0.25) is 6.04 Å². The number of rotatable bonds is 5. The van der Waals surface area contributed by atoms with Crippen molar-refractivity contribution in [2.24, 2.45) is 5.92 Å². The van der Waals surface area contributed by atoms with Crippen molar-refractivity contribution >= 4 is 11.9 Å². The molecule has 4 heteroatoms. The first-order valence-electron chi connectivity index (χ1n) is 8.50. The second-order valence-electron chi connectivity index (χ2n) is 6.62. The Morgan fingerprint density at radius 3 is 2.40 bits per heavy atom. The third kappa shape index (κ3) is 3.68. The highest BCUT2D eigenvalue weighted by Gasteiger charge is 2.42. The maximum absolute atomic E-state index is 11.8. The maximum atomic E-state index is 11.8. The summed E-state index contributed by atoms with van der Waals surface area (Å²) in [6.07, 6.45) is 3.50. The molecular formula is C21H21NO3. The Bertz CT molecular complexity index is 781. The standard InChI is InChI=1S/C21H21NO3/c1-15-7-9-17(10-8-15)20-14-19(16-5-3-2-4-6-16)13-18(11-12-23)21(20)22(24)25/h2-10,12-13,18,20-21H,11,14H2,1H3/t18-,20-,21+/m1/s1. The Morgan fingerprint density at radius 1 is 1.12 bits per heavy atom. The fourth-order valence-electron chi connectivity index (χ4n) is 3.70. The normalized spacial score (nSPS) is 22.9. The number of carbonyl (C=O) groups is 1. The van der Waals surface area contributed by atoms with E-state index in [0.717, 1.165) is 28.5 Å². The number of hydrogen-bond donors (Lipinski definition) is 0. The molecule has 4 nitrogen and oxygen atoms in total. The lowest BCUT2D eigenvalue weighted by molar-refractivity contribution is -0.534. The molecule has 25 heavy (non-hydrogen) atoms. The molecule has 2 aromatic rings. The van der Waals surface area contributed by atoms with Crippen LogP contribution in [0.25, 0.3) is 5.57 Å². The first-order valence-corrected chi connectivity index (χ1v) is 8.50. The average molecular weight is 335 g/mol. The fourth-order valence-corrected chi connectivity index (χ4v) is 3.70. The number of hydrogen-bond acceptors (Lipinski definition) is 3. The van der Waals surface area contributed by atoms with Gasteiger partial charge in [0.05, 0.1) is 11.8 Å². The van der Waals surface area contributed by atoms with Gasteiger partial charge in [-0.05, 0) is 30.0 Å². The Hall–Kier alpha value is -2.75. The highest BCUT2D eigenvalue weighted by Crippen LogP contribution is 2.42. The quantitative estimate of drug-likeness (QED) is 0.462. The molecule has 3 rings (SSSR count). The number of carbonyl (C=O) groups excluding carboxylic acids is 1. The van der Waals surface area contributed by atoms with Gasteiger partial charge >= 0.3 is 0 Å². The van der Waals surface area contributed by atoms with Crippen LogP contribution in [0.2, 0.25) is 0 Å². The van der Waals surface area contributed by atoms with Crippen LogP contribution in [0.1, 0.15) is 35.4 Å². The Kier molecular flexibility index (Phi) is 5.08. The average Bonchev–Trinajstić information content (AvgIpc) is 2.62. The minimum absolute atomic E-state index is 0.171. The third-order valence-corrected chi connectivity index (χ3v) is 4.97. The van der Waals surface area contributed by atoms with Gasteiger partial charge < -0.3 is 4.79 Å². The van der Waals surface area contributed by atoms with Gasteiger partial charge in [-0.2, -0.15) is 0 Å². The lowest BCUT2D eigenvalue weighted by atomic mass is 9.72. The van der Waals surface area contributed by atoms with E-state index in [4.69, 9.17) is 0 Å². The molecule has 0 saturated carbocycles. The molecule has 1 aliphatic carbocycles. The summed E-state index contributed by atoms with van der Waals surface area (Å²) in [6.45, 7) is 2.00. The van der Waals surface area contributed by atoms with E-state index >= 15 is 0 Å². The summed E-state index contributed by atoms with van der Waals surface area (Å²) >= 11 is 0. The molecule has 2 aromatic carbocycles. The number of allylic oxidation sites excluding steroid dienone is 1. The van der Waals surface area contributed by atoms with E-state index in [-0.39, 0.29) is 23.2 Å². The van der Waals surface area contributed by atoms with Crippen LogP contribution in [-0.2, 0) is 4.79 Å². The van der Waals surface area contributed by atoms with Gasteiger partial charge in [-0.25, -0.2) is 0 Å². The van der Waals surface area contributed by atoms with Crippen LogP contribution in [-0.4, -0.2) is 17.3 Å². The van der Waals surface area contributed by atoms with Crippen molar-refractivity contribution in [3.05, 3.63) is 87.5 Å². The predicted octanol–water partition coefficient (Wildman–Crippen LogP) is 4.42. The number of aryl methyl sites for hydroxylation is 1. The minimum Gasteiger partial charge on any atom is -0.303 e. The zero-order valence-corrected chi connectivity index (χ0v) is 14.2. The first kappa shape index (κ1) is 17.1. The van der Waals surface area contributed by atoms with Crippen molar-refractivity contribution in [1.29, 1.82) is 0 Å². The molecule has 0 unspecified atom stereocenters. The van der Waals surface area contributed by atoms with Gasteiger partial charge in [0.1, 0.15) is 6.29 Å². The predicted molar refractivity (Wildman–Crippen MR) is 97.9 cm³/mol. The first-order chi connectivity index (χ1) is 12.1. The van der Waals surface area contributed by atoms with Crippen LogP contribution in [0.5, 0.6) is 0 Å². The maximum Gasteiger partial charge on any atom is 0.226 e. The van der Waals surface area contributed by atoms with E-state index in [1.54, 1.807) is 0 Å². The molecule has 1 aliphatic rings. The zero-order chi connectivity index (χ0) is 17.8. The second kappa shape index (κ2) is 7.43. The van der Waals surface area contributed by atoms with E-state index in [9.17, 15) is 14.9 Å². The van der Waals surface area contributed by atoms with Crippen molar-refractivity contribution in [3.8, 4) is 0 Å². The summed E-state index contributed by atoms with van der Waals surface area (Å²) in [4.78, 5) is 22.7. The van der Waals surface area contributed by atoms with E-state index in [1.165, 1.54) is 0 Å². The molecule has 0 spiro atoms. The van der Waals surface area contributed by atoms with Gasteiger partial charge in [0, 0.05) is 11.3 Å². The van der Waals surface area contributed by atoms with Crippen LogP contribution >= 0.6 is 0 Å². The summed E-state index contributed by atoms with van der Waals surface area (Å²) in [5.74, 6) is -0.622. The Labute approximate surface area is 147 Å². The summed E-state index contributed by atoms with van der Waals surface area (Å²) < 4.78 is 0. The lowest BCUT2D eigenvalue weighted by Crippen LogP contribution is -2.37. The minimum atomic E-state index is -0.777. The Balaban J connectivity index is 2.05. The molecule has 0 amide bonds. The third-order valence-electron chi connectivity index (χ3n) is 4.97. The topological polar surface area (TPSA) is 60.2 Å². The number of nitro groups is 1. The number of aldehydes is 1. The van der Waals surface area contributed by atoms with Crippen molar-refractivity contribution in [1.82, 2.24) is 0 Å². The summed E-state index contributed by atoms with van der Waals surface area (Å²) in [6, 6.07) is 17.1. The van der Waals surface area contributed by atoms with Gasteiger partial charge in [-0.15, -0.1) is 0 Å². The monoisotopic (exact) mass is 335 g/mol. The molecule has 0 aliphatic heterocycles. The highest BCUT2D eigenvalue weighted by molar-refractivity contribution is 5.68. The summed E-state index contributed by atoms with van der Waals surface area (Å²) in [7, 11) is 0. The fraction of sp³-hybridized carbons (Fsp3) is 0.286. The second-order valence-corrected chi connectivity index (χ2v) is 6.62. The largest absolute Gasteiger partial charge is 0.303 e. The van der Waals surface area contributed by atoms with Gasteiger partial charge in [-0.3, -0.25) is 10.1 Å². The van der Waals surface area contributed by atoms with Crippen LogP contribution in [0.4, 0.5) is 0 Å². The van der Waals surface area contributed by atoms with E-state index < -0.39 is 6.04 Å². The number of nitrogens with zero attached hydrogens (tertiary/aromatic N) is 1. The smallest absolute Gasteiger partial charge is 0.226 e. The Morgan fingerprint density at radius 2 is 1.80 bits per heavy atom. The molecular weight excluding hydrogens is 314 g/mol.